The molecule has 7 heteroatoms. The first-order chi connectivity index (χ1) is 10.6. The minimum absolute atomic E-state index is 0.0308. The molecule has 0 saturated carbocycles. The Morgan fingerprint density at radius 1 is 1.30 bits per heavy atom. The number of hydrogen-bond donors (Lipinski definition) is 1. The molecule has 0 saturated heterocycles. The zero-order chi connectivity index (χ0) is 17.6. The summed E-state index contributed by atoms with van der Waals surface area (Å²) in [4.78, 5) is 27.9. The molecule has 1 N–H and O–H groups in total. The molecule has 1 atom stereocenters. The summed E-state index contributed by atoms with van der Waals surface area (Å²) in [6, 6.07) is -0.622. The summed E-state index contributed by atoms with van der Waals surface area (Å²) < 4.78 is 9.88. The molecule has 1 heterocycles. The maximum atomic E-state index is 11.9. The Labute approximate surface area is 137 Å². The van der Waals surface area contributed by atoms with Gasteiger partial charge in [0.05, 0.1) is 7.11 Å². The number of esters is 1. The highest BCUT2D eigenvalue weighted by Crippen LogP contribution is 2.18. The van der Waals surface area contributed by atoms with Crippen molar-refractivity contribution >= 4 is 11.9 Å². The Kier molecular flexibility index (Phi) is 6.72. The molecule has 1 aromatic heterocycles. The third-order valence-corrected chi connectivity index (χ3v) is 3.37. The molecule has 0 fully saturated rings. The molecule has 1 aromatic rings. The zero-order valence-electron chi connectivity index (χ0n) is 14.8. The van der Waals surface area contributed by atoms with Gasteiger partial charge in [-0.05, 0) is 12.3 Å². The second kappa shape index (κ2) is 8.08. The van der Waals surface area contributed by atoms with Gasteiger partial charge in [-0.15, -0.1) is 0 Å². The summed E-state index contributed by atoms with van der Waals surface area (Å²) in [5.74, 6) is 0.528. The van der Waals surface area contributed by atoms with Gasteiger partial charge in [0.25, 0.3) is 0 Å². The minimum Gasteiger partial charge on any atom is -0.467 e. The molecule has 0 aliphatic heterocycles. The monoisotopic (exact) mass is 325 g/mol. The van der Waals surface area contributed by atoms with Gasteiger partial charge in [0.15, 0.2) is 5.82 Å². The molecule has 23 heavy (non-hydrogen) atoms. The lowest BCUT2D eigenvalue weighted by Crippen LogP contribution is -2.44. The number of methoxy groups -OCH3 is 1. The summed E-state index contributed by atoms with van der Waals surface area (Å²) in [5, 5.41) is 6.65. The molecule has 0 aliphatic carbocycles. The van der Waals surface area contributed by atoms with Gasteiger partial charge in [-0.1, -0.05) is 39.8 Å². The third kappa shape index (κ3) is 6.00. The Morgan fingerprint density at radius 3 is 2.43 bits per heavy atom. The van der Waals surface area contributed by atoms with E-state index in [-0.39, 0.29) is 23.7 Å². The fourth-order valence-electron chi connectivity index (χ4n) is 1.93. The predicted octanol–water partition coefficient (Wildman–Crippen LogP) is 2.00. The molecule has 130 valence electrons. The van der Waals surface area contributed by atoms with Crippen molar-refractivity contribution in [3.8, 4) is 0 Å². The number of ether oxygens (including phenoxy) is 1. The highest BCUT2D eigenvalue weighted by Gasteiger charge is 2.25. The van der Waals surface area contributed by atoms with Gasteiger partial charge >= 0.3 is 5.97 Å². The van der Waals surface area contributed by atoms with Crippen LogP contribution < -0.4 is 5.32 Å². The van der Waals surface area contributed by atoms with Gasteiger partial charge in [0, 0.05) is 18.3 Å². The Hall–Kier alpha value is -1.92. The predicted molar refractivity (Wildman–Crippen MR) is 84.7 cm³/mol. The average molecular weight is 325 g/mol. The summed E-state index contributed by atoms with van der Waals surface area (Å²) in [7, 11) is 1.31. The van der Waals surface area contributed by atoms with Crippen LogP contribution in [0.4, 0.5) is 0 Å². The van der Waals surface area contributed by atoms with Crippen molar-refractivity contribution in [2.75, 3.05) is 7.11 Å². The summed E-state index contributed by atoms with van der Waals surface area (Å²) >= 11 is 0. The number of carbonyl (C=O) groups is 2. The molecule has 0 bridgehead atoms. The lowest BCUT2D eigenvalue weighted by Gasteiger charge is -2.19. The summed E-state index contributed by atoms with van der Waals surface area (Å²) in [6.45, 7) is 9.73. The van der Waals surface area contributed by atoms with E-state index in [0.29, 0.717) is 24.6 Å². The standard InChI is InChI=1S/C16H27N3O4/c1-10(2)13(14(21)22-6)17-11(20)8-7-9-12-18-15(19-23-12)16(3,4)5/h10,13H,7-9H2,1-6H3,(H,17,20)/t13-/m0/s1. The molecule has 0 aliphatic rings. The molecule has 0 unspecified atom stereocenters. The number of hydrogen-bond acceptors (Lipinski definition) is 6. The molecule has 7 nitrogen and oxygen atoms in total. The lowest BCUT2D eigenvalue weighted by atomic mass is 9.96. The van der Waals surface area contributed by atoms with E-state index in [1.165, 1.54) is 7.11 Å². The minimum atomic E-state index is -0.622. The Balaban J connectivity index is 2.44. The quantitative estimate of drug-likeness (QED) is 0.771. The first-order valence-electron chi connectivity index (χ1n) is 7.85. The van der Waals surface area contributed by atoms with Crippen molar-refractivity contribution in [1.82, 2.24) is 15.5 Å². The maximum absolute atomic E-state index is 11.9. The highest BCUT2D eigenvalue weighted by molar-refractivity contribution is 5.84. The molecular weight excluding hydrogens is 298 g/mol. The van der Waals surface area contributed by atoms with Crippen molar-refractivity contribution < 1.29 is 18.8 Å². The van der Waals surface area contributed by atoms with Gasteiger partial charge in [0.2, 0.25) is 11.8 Å². The van der Waals surface area contributed by atoms with Crippen molar-refractivity contribution in [1.29, 1.82) is 0 Å². The maximum Gasteiger partial charge on any atom is 0.328 e. The van der Waals surface area contributed by atoms with Crippen LogP contribution in [0.3, 0.4) is 0 Å². The van der Waals surface area contributed by atoms with Crippen molar-refractivity contribution in [3.63, 3.8) is 0 Å². The smallest absolute Gasteiger partial charge is 0.328 e. The van der Waals surface area contributed by atoms with Crippen molar-refractivity contribution in [3.05, 3.63) is 11.7 Å². The van der Waals surface area contributed by atoms with Crippen molar-refractivity contribution in [2.24, 2.45) is 5.92 Å². The Morgan fingerprint density at radius 2 is 1.96 bits per heavy atom. The van der Waals surface area contributed by atoms with Crippen LogP contribution in [0.25, 0.3) is 0 Å². The average Bonchev–Trinajstić information content (AvgIpc) is 2.92. The molecule has 0 aromatic carbocycles. The number of nitrogens with zero attached hydrogens (tertiary/aromatic N) is 2. The lowest BCUT2D eigenvalue weighted by molar-refractivity contribution is -0.146. The van der Waals surface area contributed by atoms with Crippen LogP contribution in [-0.4, -0.2) is 35.2 Å². The van der Waals surface area contributed by atoms with Crippen LogP contribution in [0.1, 0.15) is 59.2 Å². The van der Waals surface area contributed by atoms with Crippen LogP contribution in [0.5, 0.6) is 0 Å². The first kappa shape index (κ1) is 19.1. The molecule has 0 radical (unpaired) electrons. The molecule has 1 rings (SSSR count). The third-order valence-electron chi connectivity index (χ3n) is 3.37. The van der Waals surface area contributed by atoms with E-state index in [2.05, 4.69) is 15.5 Å². The van der Waals surface area contributed by atoms with Gasteiger partial charge in [-0.25, -0.2) is 4.79 Å². The van der Waals surface area contributed by atoms with Crippen LogP contribution in [0, 0.1) is 5.92 Å². The number of carbonyl (C=O) groups excluding carboxylic acids is 2. The van der Waals surface area contributed by atoms with E-state index in [9.17, 15) is 9.59 Å². The number of aromatic nitrogens is 2. The Bertz CT molecular complexity index is 532. The fraction of sp³-hybridized carbons (Fsp3) is 0.750. The van der Waals surface area contributed by atoms with Crippen molar-refractivity contribution in [2.45, 2.75) is 65.3 Å². The SMILES string of the molecule is COC(=O)[C@@H](NC(=O)CCCc1nc(C(C)(C)C)no1)C(C)C. The largest absolute Gasteiger partial charge is 0.467 e. The second-order valence-corrected chi connectivity index (χ2v) is 6.93. The summed E-state index contributed by atoms with van der Waals surface area (Å²) in [6.07, 6.45) is 1.39. The van der Waals surface area contributed by atoms with Gasteiger partial charge in [0.1, 0.15) is 6.04 Å². The van der Waals surface area contributed by atoms with E-state index in [1.807, 2.05) is 34.6 Å². The second-order valence-electron chi connectivity index (χ2n) is 6.93. The van der Waals surface area contributed by atoms with Gasteiger partial charge < -0.3 is 14.6 Å². The fourth-order valence-corrected chi connectivity index (χ4v) is 1.93. The molecular formula is C16H27N3O4. The number of nitrogens with one attached hydrogen (secondary N) is 1. The van der Waals surface area contributed by atoms with E-state index in [4.69, 9.17) is 9.26 Å². The van der Waals surface area contributed by atoms with Crippen LogP contribution in [-0.2, 0) is 26.2 Å². The topological polar surface area (TPSA) is 94.3 Å². The first-order valence-corrected chi connectivity index (χ1v) is 7.85. The van der Waals surface area contributed by atoms with Gasteiger partial charge in [-0.2, -0.15) is 4.98 Å². The van der Waals surface area contributed by atoms with E-state index >= 15 is 0 Å². The normalized spacial score (nSPS) is 13.0. The zero-order valence-corrected chi connectivity index (χ0v) is 14.8. The van der Waals surface area contributed by atoms with E-state index in [0.717, 1.165) is 0 Å². The van der Waals surface area contributed by atoms with Crippen LogP contribution in [0.15, 0.2) is 4.52 Å². The molecule has 1 amide bonds. The van der Waals surface area contributed by atoms with E-state index < -0.39 is 12.0 Å². The van der Waals surface area contributed by atoms with Crippen LogP contribution >= 0.6 is 0 Å². The number of rotatable bonds is 7. The van der Waals surface area contributed by atoms with E-state index in [1.54, 1.807) is 0 Å². The molecule has 0 spiro atoms. The number of amides is 1. The summed E-state index contributed by atoms with van der Waals surface area (Å²) in [5.41, 5.74) is -0.163. The van der Waals surface area contributed by atoms with Gasteiger partial charge in [-0.3, -0.25) is 4.79 Å². The van der Waals surface area contributed by atoms with Crippen LogP contribution in [0.2, 0.25) is 0 Å². The number of aryl methyl sites for hydroxylation is 1. The highest BCUT2D eigenvalue weighted by atomic mass is 16.5.